The van der Waals surface area contributed by atoms with E-state index in [1.165, 1.54) is 44.1 Å². The van der Waals surface area contributed by atoms with Gasteiger partial charge in [0.25, 0.3) is 0 Å². The molecule has 0 aromatic rings. The lowest BCUT2D eigenvalue weighted by atomic mass is 9.74. The Morgan fingerprint density at radius 3 is 2.62 bits per heavy atom. The quantitative estimate of drug-likeness (QED) is 0.694. The number of Topliss-reactive ketones (excluding diaryl/α,β-unsaturated/α-hetero) is 1. The topological polar surface area (TPSA) is 17.1 Å². The maximum atomic E-state index is 11.8. The fourth-order valence-electron chi connectivity index (χ4n) is 3.34. The van der Waals surface area contributed by atoms with E-state index in [2.05, 4.69) is 13.0 Å². The molecule has 2 rings (SSSR count). The first-order valence-electron chi connectivity index (χ1n) is 7.04. The summed E-state index contributed by atoms with van der Waals surface area (Å²) in [5.41, 5.74) is 1.20. The molecule has 0 aromatic heterocycles. The fourth-order valence-corrected chi connectivity index (χ4v) is 3.34. The molecule has 0 heterocycles. The average Bonchev–Trinajstić information content (AvgIpc) is 2.31. The van der Waals surface area contributed by atoms with Crippen LogP contribution in [0.4, 0.5) is 0 Å². The molecule has 0 spiro atoms. The predicted octanol–water partition coefficient (Wildman–Crippen LogP) is 4.27. The predicted molar refractivity (Wildman–Crippen MR) is 67.3 cm³/mol. The highest BCUT2D eigenvalue weighted by molar-refractivity contribution is 5.96. The first-order chi connectivity index (χ1) is 7.81. The molecule has 1 nitrogen and oxygen atoms in total. The van der Waals surface area contributed by atoms with Crippen LogP contribution in [0.25, 0.3) is 0 Å². The van der Waals surface area contributed by atoms with E-state index in [0.29, 0.717) is 11.7 Å². The minimum absolute atomic E-state index is 0.449. The summed E-state index contributed by atoms with van der Waals surface area (Å²) in [5, 5.41) is 0. The summed E-state index contributed by atoms with van der Waals surface area (Å²) in [6, 6.07) is 0. The first-order valence-corrected chi connectivity index (χ1v) is 7.04. The number of carbonyl (C=O) groups is 1. The molecular formula is C15H24O. The molecule has 0 unspecified atom stereocenters. The van der Waals surface area contributed by atoms with Crippen LogP contribution in [0.3, 0.4) is 0 Å². The van der Waals surface area contributed by atoms with Crippen LogP contribution in [0.15, 0.2) is 11.6 Å². The van der Waals surface area contributed by atoms with E-state index < -0.39 is 0 Å². The highest BCUT2D eigenvalue weighted by Gasteiger charge is 2.27. The van der Waals surface area contributed by atoms with E-state index in [1.807, 2.05) is 0 Å². The SMILES string of the molecule is CCCC1CCC(C2=CCCCC2=O)CC1. The highest BCUT2D eigenvalue weighted by Crippen LogP contribution is 2.37. The number of carbonyl (C=O) groups excluding carboxylic acids is 1. The van der Waals surface area contributed by atoms with Crippen LogP contribution >= 0.6 is 0 Å². The molecule has 0 aliphatic heterocycles. The van der Waals surface area contributed by atoms with Crippen LogP contribution in [0.1, 0.15) is 64.7 Å². The van der Waals surface area contributed by atoms with Crippen molar-refractivity contribution in [3.8, 4) is 0 Å². The van der Waals surface area contributed by atoms with Gasteiger partial charge in [-0.3, -0.25) is 4.79 Å². The number of allylic oxidation sites excluding steroid dienone is 2. The third-order valence-corrected chi connectivity index (χ3v) is 4.28. The van der Waals surface area contributed by atoms with Gasteiger partial charge in [0.15, 0.2) is 5.78 Å². The first kappa shape index (κ1) is 11.9. The Kier molecular flexibility index (Phi) is 4.20. The molecule has 2 aliphatic carbocycles. The lowest BCUT2D eigenvalue weighted by Gasteiger charge is -2.30. The van der Waals surface area contributed by atoms with Crippen molar-refractivity contribution >= 4 is 5.78 Å². The second-order valence-electron chi connectivity index (χ2n) is 5.48. The third kappa shape index (κ3) is 2.75. The van der Waals surface area contributed by atoms with Gasteiger partial charge >= 0.3 is 0 Å². The van der Waals surface area contributed by atoms with E-state index in [-0.39, 0.29) is 0 Å². The zero-order chi connectivity index (χ0) is 11.4. The highest BCUT2D eigenvalue weighted by atomic mass is 16.1. The number of rotatable bonds is 3. The molecule has 0 atom stereocenters. The van der Waals surface area contributed by atoms with Gasteiger partial charge in [-0.25, -0.2) is 0 Å². The van der Waals surface area contributed by atoms with Crippen LogP contribution in [-0.2, 0) is 4.79 Å². The van der Waals surface area contributed by atoms with Gasteiger partial charge in [-0.05, 0) is 55.9 Å². The van der Waals surface area contributed by atoms with E-state index >= 15 is 0 Å². The van der Waals surface area contributed by atoms with Crippen molar-refractivity contribution < 1.29 is 4.79 Å². The summed E-state index contributed by atoms with van der Waals surface area (Å²) in [5.74, 6) is 2.01. The summed E-state index contributed by atoms with van der Waals surface area (Å²) in [6.07, 6.45) is 13.2. The van der Waals surface area contributed by atoms with Gasteiger partial charge in [0, 0.05) is 6.42 Å². The van der Waals surface area contributed by atoms with Crippen molar-refractivity contribution in [1.82, 2.24) is 0 Å². The Balaban J connectivity index is 1.88. The van der Waals surface area contributed by atoms with Gasteiger partial charge in [-0.2, -0.15) is 0 Å². The van der Waals surface area contributed by atoms with Crippen LogP contribution in [0.2, 0.25) is 0 Å². The van der Waals surface area contributed by atoms with Crippen LogP contribution in [-0.4, -0.2) is 5.78 Å². The lowest BCUT2D eigenvalue weighted by Crippen LogP contribution is -2.21. The maximum Gasteiger partial charge on any atom is 0.158 e. The molecular weight excluding hydrogens is 196 g/mol. The minimum Gasteiger partial charge on any atom is -0.295 e. The van der Waals surface area contributed by atoms with E-state index in [9.17, 15) is 4.79 Å². The van der Waals surface area contributed by atoms with Crippen LogP contribution < -0.4 is 0 Å². The van der Waals surface area contributed by atoms with Crippen molar-refractivity contribution in [2.45, 2.75) is 64.7 Å². The van der Waals surface area contributed by atoms with Gasteiger partial charge in [-0.1, -0.05) is 25.8 Å². The molecule has 0 bridgehead atoms. The Labute approximate surface area is 99.3 Å². The molecule has 1 saturated carbocycles. The Morgan fingerprint density at radius 2 is 2.00 bits per heavy atom. The lowest BCUT2D eigenvalue weighted by molar-refractivity contribution is -0.116. The molecule has 1 heteroatoms. The molecule has 1 fully saturated rings. The van der Waals surface area contributed by atoms with Gasteiger partial charge < -0.3 is 0 Å². The monoisotopic (exact) mass is 220 g/mol. The third-order valence-electron chi connectivity index (χ3n) is 4.28. The van der Waals surface area contributed by atoms with Crippen molar-refractivity contribution in [2.75, 3.05) is 0 Å². The number of ketones is 1. The molecule has 0 N–H and O–H groups in total. The van der Waals surface area contributed by atoms with Crippen molar-refractivity contribution in [2.24, 2.45) is 11.8 Å². The van der Waals surface area contributed by atoms with Crippen LogP contribution in [0, 0.1) is 11.8 Å². The molecule has 16 heavy (non-hydrogen) atoms. The van der Waals surface area contributed by atoms with Gasteiger partial charge in [0.1, 0.15) is 0 Å². The molecule has 0 aromatic carbocycles. The number of hydrogen-bond acceptors (Lipinski definition) is 1. The summed E-state index contributed by atoms with van der Waals surface area (Å²) in [6.45, 7) is 2.28. The van der Waals surface area contributed by atoms with E-state index in [4.69, 9.17) is 0 Å². The van der Waals surface area contributed by atoms with Gasteiger partial charge in [0.05, 0.1) is 0 Å². The number of hydrogen-bond donors (Lipinski definition) is 0. The van der Waals surface area contributed by atoms with Crippen LogP contribution in [0.5, 0.6) is 0 Å². The van der Waals surface area contributed by atoms with Crippen molar-refractivity contribution in [3.63, 3.8) is 0 Å². The molecule has 2 aliphatic rings. The zero-order valence-electron chi connectivity index (χ0n) is 10.5. The normalized spacial score (nSPS) is 31.3. The zero-order valence-corrected chi connectivity index (χ0v) is 10.5. The second-order valence-corrected chi connectivity index (χ2v) is 5.48. The molecule has 0 amide bonds. The summed E-state index contributed by atoms with van der Waals surface area (Å²) >= 11 is 0. The standard InChI is InChI=1S/C15H24O/c1-2-5-12-8-10-13(11-9-12)14-6-3-4-7-15(14)16/h6,12-13H,2-5,7-11H2,1H3. The molecule has 0 radical (unpaired) electrons. The fraction of sp³-hybridized carbons (Fsp3) is 0.800. The minimum atomic E-state index is 0.449. The summed E-state index contributed by atoms with van der Waals surface area (Å²) in [7, 11) is 0. The molecule has 0 saturated heterocycles. The summed E-state index contributed by atoms with van der Waals surface area (Å²) in [4.78, 5) is 11.8. The van der Waals surface area contributed by atoms with E-state index in [0.717, 1.165) is 25.2 Å². The Hall–Kier alpha value is -0.590. The van der Waals surface area contributed by atoms with Gasteiger partial charge in [-0.15, -0.1) is 0 Å². The Morgan fingerprint density at radius 1 is 1.25 bits per heavy atom. The maximum absolute atomic E-state index is 11.8. The second kappa shape index (κ2) is 5.65. The van der Waals surface area contributed by atoms with E-state index in [1.54, 1.807) is 0 Å². The molecule has 90 valence electrons. The smallest absolute Gasteiger partial charge is 0.158 e. The van der Waals surface area contributed by atoms with Crippen molar-refractivity contribution in [1.29, 1.82) is 0 Å². The van der Waals surface area contributed by atoms with Crippen molar-refractivity contribution in [3.05, 3.63) is 11.6 Å². The summed E-state index contributed by atoms with van der Waals surface area (Å²) < 4.78 is 0. The Bertz CT molecular complexity index is 269. The van der Waals surface area contributed by atoms with Gasteiger partial charge in [0.2, 0.25) is 0 Å². The average molecular weight is 220 g/mol. The largest absolute Gasteiger partial charge is 0.295 e.